The topological polar surface area (TPSA) is 12.0 Å². The highest BCUT2D eigenvalue weighted by atomic mass is 35.5. The van der Waals surface area contributed by atoms with Crippen molar-refractivity contribution in [3.8, 4) is 0 Å². The molecule has 21 heavy (non-hydrogen) atoms. The minimum absolute atomic E-state index is 0.108. The molecule has 0 amide bonds. The van der Waals surface area contributed by atoms with Crippen molar-refractivity contribution in [2.45, 2.75) is 31.2 Å². The predicted molar refractivity (Wildman–Crippen MR) is 90.4 cm³/mol. The molecule has 1 atom stereocenters. The second kappa shape index (κ2) is 6.39. The first kappa shape index (κ1) is 14.9. The van der Waals surface area contributed by atoms with Gasteiger partial charge in [0.25, 0.3) is 0 Å². The van der Waals surface area contributed by atoms with Crippen molar-refractivity contribution in [2.75, 3.05) is 7.05 Å². The molecule has 0 spiro atoms. The molecule has 0 aliphatic heterocycles. The first-order valence-corrected chi connectivity index (χ1v) is 8.16. The van der Waals surface area contributed by atoms with Gasteiger partial charge in [-0.15, -0.1) is 0 Å². The van der Waals surface area contributed by atoms with Crippen LogP contribution in [0.4, 0.5) is 0 Å². The summed E-state index contributed by atoms with van der Waals surface area (Å²) >= 11 is 12.2. The van der Waals surface area contributed by atoms with E-state index in [-0.39, 0.29) is 6.04 Å². The molecule has 0 aromatic heterocycles. The van der Waals surface area contributed by atoms with E-state index in [9.17, 15) is 0 Å². The predicted octanol–water partition coefficient (Wildman–Crippen LogP) is 5.57. The Balaban J connectivity index is 1.88. The average Bonchev–Trinajstić information content (AvgIpc) is 2.38. The van der Waals surface area contributed by atoms with E-state index < -0.39 is 0 Å². The zero-order valence-electron chi connectivity index (χ0n) is 12.1. The molecule has 3 heteroatoms. The molecule has 2 aromatic rings. The van der Waals surface area contributed by atoms with Gasteiger partial charge in [0.1, 0.15) is 0 Å². The fraction of sp³-hybridized carbons (Fsp3) is 0.333. The van der Waals surface area contributed by atoms with E-state index in [0.29, 0.717) is 10.0 Å². The standard InChI is InChI=1S/C18H19Cl2N/c1-21-18(15-9-16(19)11-17(20)10-15)14-7-5-13(6-8-14)12-3-2-4-12/h5-12,18,21H,2-4H2,1H3. The van der Waals surface area contributed by atoms with Crippen molar-refractivity contribution in [1.82, 2.24) is 5.32 Å². The molecule has 0 heterocycles. The van der Waals surface area contributed by atoms with Crippen LogP contribution in [0.5, 0.6) is 0 Å². The van der Waals surface area contributed by atoms with Crippen LogP contribution < -0.4 is 5.32 Å². The van der Waals surface area contributed by atoms with Gasteiger partial charge in [-0.1, -0.05) is 53.9 Å². The van der Waals surface area contributed by atoms with Crippen LogP contribution in [0.3, 0.4) is 0 Å². The Hall–Kier alpha value is -1.02. The fourth-order valence-corrected chi connectivity index (χ4v) is 3.51. The third kappa shape index (κ3) is 3.26. The van der Waals surface area contributed by atoms with E-state index in [1.54, 1.807) is 6.07 Å². The lowest BCUT2D eigenvalue weighted by Gasteiger charge is -2.26. The molecule has 0 saturated heterocycles. The molecule has 1 fully saturated rings. The van der Waals surface area contributed by atoms with Crippen LogP contribution in [-0.4, -0.2) is 7.05 Å². The fourth-order valence-electron chi connectivity index (χ4n) is 2.97. The molecular formula is C18H19Cl2N. The molecule has 1 nitrogen and oxygen atoms in total. The molecule has 3 rings (SSSR count). The maximum atomic E-state index is 6.12. The van der Waals surface area contributed by atoms with Gasteiger partial charge in [-0.2, -0.15) is 0 Å². The lowest BCUT2D eigenvalue weighted by Crippen LogP contribution is -2.18. The quantitative estimate of drug-likeness (QED) is 0.776. The second-order valence-corrected chi connectivity index (χ2v) is 6.59. The second-order valence-electron chi connectivity index (χ2n) is 5.72. The van der Waals surface area contributed by atoms with Gasteiger partial charge in [0.2, 0.25) is 0 Å². The van der Waals surface area contributed by atoms with Crippen molar-refractivity contribution >= 4 is 23.2 Å². The zero-order valence-corrected chi connectivity index (χ0v) is 13.6. The minimum Gasteiger partial charge on any atom is -0.309 e. The largest absolute Gasteiger partial charge is 0.309 e. The van der Waals surface area contributed by atoms with Crippen molar-refractivity contribution in [2.24, 2.45) is 0 Å². The molecule has 0 radical (unpaired) electrons. The molecule has 0 bridgehead atoms. The van der Waals surface area contributed by atoms with Gasteiger partial charge in [-0.3, -0.25) is 0 Å². The molecular weight excluding hydrogens is 301 g/mol. The molecule has 1 unspecified atom stereocenters. The smallest absolute Gasteiger partial charge is 0.0575 e. The monoisotopic (exact) mass is 319 g/mol. The zero-order chi connectivity index (χ0) is 14.8. The number of benzene rings is 2. The SMILES string of the molecule is CNC(c1ccc(C2CCC2)cc1)c1cc(Cl)cc(Cl)c1. The van der Waals surface area contributed by atoms with Gasteiger partial charge in [0.05, 0.1) is 6.04 Å². The van der Waals surface area contributed by atoms with Crippen molar-refractivity contribution < 1.29 is 0 Å². The lowest BCUT2D eigenvalue weighted by atomic mass is 9.79. The van der Waals surface area contributed by atoms with Gasteiger partial charge < -0.3 is 5.32 Å². The Morgan fingerprint density at radius 3 is 2.05 bits per heavy atom. The summed E-state index contributed by atoms with van der Waals surface area (Å²) in [6.07, 6.45) is 4.03. The Labute approximate surface area is 136 Å². The van der Waals surface area contributed by atoms with Crippen LogP contribution in [0, 0.1) is 0 Å². The van der Waals surface area contributed by atoms with Crippen molar-refractivity contribution in [1.29, 1.82) is 0 Å². The van der Waals surface area contributed by atoms with Crippen molar-refractivity contribution in [3.05, 3.63) is 69.2 Å². The summed E-state index contributed by atoms with van der Waals surface area (Å²) in [4.78, 5) is 0. The highest BCUT2D eigenvalue weighted by Crippen LogP contribution is 2.37. The van der Waals surface area contributed by atoms with Crippen LogP contribution in [0.1, 0.15) is 47.9 Å². The molecule has 1 aliphatic carbocycles. The maximum Gasteiger partial charge on any atom is 0.0575 e. The summed E-state index contributed by atoms with van der Waals surface area (Å²) < 4.78 is 0. The van der Waals surface area contributed by atoms with Gasteiger partial charge in [0, 0.05) is 10.0 Å². The highest BCUT2D eigenvalue weighted by molar-refractivity contribution is 6.34. The summed E-state index contributed by atoms with van der Waals surface area (Å²) in [5.41, 5.74) is 3.79. The number of rotatable bonds is 4. The van der Waals surface area contributed by atoms with E-state index in [4.69, 9.17) is 23.2 Å². The van der Waals surface area contributed by atoms with Crippen LogP contribution in [0.25, 0.3) is 0 Å². The van der Waals surface area contributed by atoms with Crippen LogP contribution in [0.15, 0.2) is 42.5 Å². The third-order valence-corrected chi connectivity index (χ3v) is 4.79. The first-order chi connectivity index (χ1) is 10.2. The molecule has 1 N–H and O–H groups in total. The number of hydrogen-bond acceptors (Lipinski definition) is 1. The van der Waals surface area contributed by atoms with Crippen LogP contribution >= 0.6 is 23.2 Å². The summed E-state index contributed by atoms with van der Waals surface area (Å²) in [5.74, 6) is 0.771. The van der Waals surface area contributed by atoms with Crippen LogP contribution in [0.2, 0.25) is 10.0 Å². The minimum atomic E-state index is 0.108. The molecule has 2 aromatic carbocycles. The van der Waals surface area contributed by atoms with E-state index in [2.05, 4.69) is 29.6 Å². The third-order valence-electron chi connectivity index (χ3n) is 4.35. The number of hydrogen-bond donors (Lipinski definition) is 1. The molecule has 110 valence electrons. The highest BCUT2D eigenvalue weighted by Gasteiger charge is 2.20. The lowest BCUT2D eigenvalue weighted by molar-refractivity contribution is 0.419. The summed E-state index contributed by atoms with van der Waals surface area (Å²) in [7, 11) is 1.96. The Morgan fingerprint density at radius 2 is 1.57 bits per heavy atom. The number of nitrogens with one attached hydrogen (secondary N) is 1. The summed E-state index contributed by atoms with van der Waals surface area (Å²) in [5, 5.41) is 4.69. The normalized spacial score (nSPS) is 16.5. The molecule has 1 aliphatic rings. The Bertz CT molecular complexity index is 597. The van der Waals surface area contributed by atoms with Gasteiger partial charge in [-0.25, -0.2) is 0 Å². The van der Waals surface area contributed by atoms with Gasteiger partial charge in [0.15, 0.2) is 0 Å². The van der Waals surface area contributed by atoms with E-state index in [1.807, 2.05) is 19.2 Å². The Morgan fingerprint density at radius 1 is 0.952 bits per heavy atom. The van der Waals surface area contributed by atoms with Crippen LogP contribution in [-0.2, 0) is 0 Å². The van der Waals surface area contributed by atoms with E-state index in [0.717, 1.165) is 11.5 Å². The summed E-state index contributed by atoms with van der Waals surface area (Å²) in [6, 6.07) is 14.7. The van der Waals surface area contributed by atoms with Gasteiger partial charge in [-0.05, 0) is 60.7 Å². The number of halogens is 2. The average molecular weight is 320 g/mol. The van der Waals surface area contributed by atoms with Crippen molar-refractivity contribution in [3.63, 3.8) is 0 Å². The Kier molecular flexibility index (Phi) is 4.54. The summed E-state index contributed by atoms with van der Waals surface area (Å²) in [6.45, 7) is 0. The molecule has 1 saturated carbocycles. The van der Waals surface area contributed by atoms with Gasteiger partial charge >= 0.3 is 0 Å². The maximum absolute atomic E-state index is 6.12. The first-order valence-electron chi connectivity index (χ1n) is 7.40. The van der Waals surface area contributed by atoms with E-state index in [1.165, 1.54) is 30.4 Å². The van der Waals surface area contributed by atoms with E-state index >= 15 is 0 Å².